The van der Waals surface area contributed by atoms with Crippen LogP contribution >= 0.6 is 0 Å². The molecule has 0 aromatic rings. The third-order valence-electron chi connectivity index (χ3n) is 3.13. The summed E-state index contributed by atoms with van der Waals surface area (Å²) in [6.45, 7) is 12.4. The molecule has 1 saturated heterocycles. The van der Waals surface area contributed by atoms with Gasteiger partial charge in [-0.1, -0.05) is 20.8 Å². The van der Waals surface area contributed by atoms with Crippen molar-refractivity contribution in [3.63, 3.8) is 0 Å². The summed E-state index contributed by atoms with van der Waals surface area (Å²) >= 11 is 0. The van der Waals surface area contributed by atoms with Crippen LogP contribution in [0.1, 0.15) is 34.6 Å². The molecular weight excluding hydrogens is 188 g/mol. The molecule has 2 atom stereocenters. The molecule has 1 rings (SSSR count). The molecule has 1 amide bonds. The third-order valence-corrected chi connectivity index (χ3v) is 3.13. The summed E-state index contributed by atoms with van der Waals surface area (Å²) in [5, 5.41) is 0. The zero-order valence-corrected chi connectivity index (χ0v) is 10.9. The molecule has 0 saturated carbocycles. The van der Waals surface area contributed by atoms with Crippen molar-refractivity contribution in [2.24, 2.45) is 5.41 Å². The molecule has 0 aromatic heterocycles. The molecule has 1 fully saturated rings. The monoisotopic (exact) mass is 212 g/mol. The van der Waals surface area contributed by atoms with Crippen LogP contribution < -0.4 is 0 Å². The van der Waals surface area contributed by atoms with Crippen LogP contribution in [-0.2, 0) is 4.79 Å². The van der Waals surface area contributed by atoms with E-state index in [-0.39, 0.29) is 17.4 Å². The summed E-state index contributed by atoms with van der Waals surface area (Å²) in [6, 6.07) is 0.483. The van der Waals surface area contributed by atoms with Gasteiger partial charge in [-0.2, -0.15) is 0 Å². The maximum atomic E-state index is 12.0. The smallest absolute Gasteiger partial charge is 0.239 e. The van der Waals surface area contributed by atoms with Gasteiger partial charge >= 0.3 is 0 Å². The lowest BCUT2D eigenvalue weighted by molar-refractivity contribution is -0.144. The topological polar surface area (TPSA) is 23.6 Å². The third kappa shape index (κ3) is 2.94. The number of rotatable bonds is 1. The van der Waals surface area contributed by atoms with E-state index in [1.165, 1.54) is 0 Å². The van der Waals surface area contributed by atoms with Crippen LogP contribution in [0.3, 0.4) is 0 Å². The van der Waals surface area contributed by atoms with E-state index in [1.807, 2.05) is 18.9 Å². The first-order valence-electron chi connectivity index (χ1n) is 5.73. The van der Waals surface area contributed by atoms with Crippen LogP contribution in [0.2, 0.25) is 0 Å². The Kier molecular flexibility index (Phi) is 3.44. The molecule has 88 valence electrons. The molecule has 1 heterocycles. The lowest BCUT2D eigenvalue weighted by Gasteiger charge is -2.43. The molecule has 0 aromatic carbocycles. The van der Waals surface area contributed by atoms with Gasteiger partial charge in [0.2, 0.25) is 5.91 Å². The Labute approximate surface area is 93.4 Å². The molecule has 15 heavy (non-hydrogen) atoms. The van der Waals surface area contributed by atoms with Crippen molar-refractivity contribution in [2.45, 2.75) is 46.7 Å². The van der Waals surface area contributed by atoms with Gasteiger partial charge < -0.3 is 4.90 Å². The molecule has 0 bridgehead atoms. The average molecular weight is 212 g/mol. The summed E-state index contributed by atoms with van der Waals surface area (Å²) in [5.41, 5.74) is 0.186. The van der Waals surface area contributed by atoms with E-state index in [1.54, 1.807) is 0 Å². The zero-order chi connectivity index (χ0) is 11.8. The Morgan fingerprint density at radius 1 is 1.33 bits per heavy atom. The summed E-state index contributed by atoms with van der Waals surface area (Å²) in [6.07, 6.45) is 0. The Bertz CT molecular complexity index is 244. The van der Waals surface area contributed by atoms with Crippen molar-refractivity contribution >= 4 is 5.91 Å². The predicted octanol–water partition coefficient (Wildman–Crippen LogP) is 1.58. The normalized spacial score (nSPS) is 29.7. The van der Waals surface area contributed by atoms with Gasteiger partial charge in [0, 0.05) is 19.1 Å². The van der Waals surface area contributed by atoms with Crippen molar-refractivity contribution in [1.29, 1.82) is 0 Å². The highest BCUT2D eigenvalue weighted by Gasteiger charge is 2.34. The standard InChI is InChI=1S/C12H24N2O/c1-9-7-14(8-12(3,4)5)11(15)10(2)13(9)6/h9-10H,7-8H2,1-6H3. The van der Waals surface area contributed by atoms with E-state index in [9.17, 15) is 4.79 Å². The fourth-order valence-electron chi connectivity index (χ4n) is 2.07. The maximum Gasteiger partial charge on any atom is 0.239 e. The Hall–Kier alpha value is -0.570. The van der Waals surface area contributed by atoms with Crippen molar-refractivity contribution in [3.8, 4) is 0 Å². The van der Waals surface area contributed by atoms with Gasteiger partial charge in [0.1, 0.15) is 0 Å². The molecule has 1 aliphatic heterocycles. The van der Waals surface area contributed by atoms with E-state index >= 15 is 0 Å². The minimum atomic E-state index is 0.0242. The quantitative estimate of drug-likeness (QED) is 0.659. The Balaban J connectivity index is 2.71. The van der Waals surface area contributed by atoms with E-state index in [0.29, 0.717) is 6.04 Å². The van der Waals surface area contributed by atoms with E-state index < -0.39 is 0 Å². The number of hydrogen-bond donors (Lipinski definition) is 0. The minimum Gasteiger partial charge on any atom is -0.339 e. The lowest BCUT2D eigenvalue weighted by atomic mass is 9.94. The summed E-state index contributed by atoms with van der Waals surface area (Å²) in [4.78, 5) is 16.2. The largest absolute Gasteiger partial charge is 0.339 e. The van der Waals surface area contributed by atoms with E-state index in [2.05, 4.69) is 32.6 Å². The Morgan fingerprint density at radius 3 is 2.33 bits per heavy atom. The number of nitrogens with zero attached hydrogens (tertiary/aromatic N) is 2. The van der Waals surface area contributed by atoms with Crippen molar-refractivity contribution < 1.29 is 4.79 Å². The van der Waals surface area contributed by atoms with Gasteiger partial charge in [-0.05, 0) is 26.3 Å². The minimum absolute atomic E-state index is 0.0242. The number of piperazine rings is 1. The van der Waals surface area contributed by atoms with Crippen molar-refractivity contribution in [3.05, 3.63) is 0 Å². The number of carbonyl (C=O) groups excluding carboxylic acids is 1. The average Bonchev–Trinajstić information content (AvgIpc) is 2.08. The molecule has 3 heteroatoms. The fourth-order valence-corrected chi connectivity index (χ4v) is 2.07. The SMILES string of the molecule is CC1CN(CC(C)(C)C)C(=O)C(C)N1C. The molecule has 1 aliphatic rings. The van der Waals surface area contributed by atoms with Gasteiger partial charge in [0.25, 0.3) is 0 Å². The molecule has 0 N–H and O–H groups in total. The van der Waals surface area contributed by atoms with Gasteiger partial charge in [-0.3, -0.25) is 9.69 Å². The highest BCUT2D eigenvalue weighted by molar-refractivity contribution is 5.82. The van der Waals surface area contributed by atoms with Gasteiger partial charge in [0.05, 0.1) is 6.04 Å². The molecule has 0 radical (unpaired) electrons. The molecule has 0 spiro atoms. The van der Waals surface area contributed by atoms with Crippen LogP contribution in [0.15, 0.2) is 0 Å². The number of hydrogen-bond acceptors (Lipinski definition) is 2. The van der Waals surface area contributed by atoms with Crippen LogP contribution in [0.4, 0.5) is 0 Å². The van der Waals surface area contributed by atoms with E-state index in [4.69, 9.17) is 0 Å². The molecule has 0 aliphatic carbocycles. The number of likely N-dealkylation sites (N-methyl/N-ethyl adjacent to an activating group) is 1. The second kappa shape index (κ2) is 4.12. The Morgan fingerprint density at radius 2 is 1.87 bits per heavy atom. The first kappa shape index (κ1) is 12.5. The highest BCUT2D eigenvalue weighted by Crippen LogP contribution is 2.21. The summed E-state index contributed by atoms with van der Waals surface area (Å²) in [5.74, 6) is 0.269. The van der Waals surface area contributed by atoms with Crippen LogP contribution in [0.25, 0.3) is 0 Å². The molecule has 2 unspecified atom stereocenters. The first-order chi connectivity index (χ1) is 6.72. The number of amides is 1. The fraction of sp³-hybridized carbons (Fsp3) is 0.917. The zero-order valence-electron chi connectivity index (χ0n) is 10.9. The summed E-state index contributed by atoms with van der Waals surface area (Å²) in [7, 11) is 2.03. The maximum absolute atomic E-state index is 12.0. The van der Waals surface area contributed by atoms with Crippen molar-refractivity contribution in [2.75, 3.05) is 20.1 Å². The summed E-state index contributed by atoms with van der Waals surface area (Å²) < 4.78 is 0. The van der Waals surface area contributed by atoms with Gasteiger partial charge in [0.15, 0.2) is 0 Å². The molecule has 3 nitrogen and oxygen atoms in total. The van der Waals surface area contributed by atoms with Gasteiger partial charge in [-0.25, -0.2) is 0 Å². The first-order valence-corrected chi connectivity index (χ1v) is 5.73. The molecular formula is C12H24N2O. The lowest BCUT2D eigenvalue weighted by Crippen LogP contribution is -2.59. The second-order valence-corrected chi connectivity index (χ2v) is 5.97. The number of carbonyl (C=O) groups is 1. The van der Waals surface area contributed by atoms with Crippen LogP contribution in [0, 0.1) is 5.41 Å². The highest BCUT2D eigenvalue weighted by atomic mass is 16.2. The van der Waals surface area contributed by atoms with E-state index in [0.717, 1.165) is 13.1 Å². The van der Waals surface area contributed by atoms with Crippen LogP contribution in [0.5, 0.6) is 0 Å². The van der Waals surface area contributed by atoms with Crippen molar-refractivity contribution in [1.82, 2.24) is 9.80 Å². The van der Waals surface area contributed by atoms with Crippen LogP contribution in [-0.4, -0.2) is 47.9 Å². The van der Waals surface area contributed by atoms with Gasteiger partial charge in [-0.15, -0.1) is 0 Å². The predicted molar refractivity (Wildman–Crippen MR) is 62.7 cm³/mol. The second-order valence-electron chi connectivity index (χ2n) is 5.97.